The van der Waals surface area contributed by atoms with Gasteiger partial charge in [0, 0.05) is 13.1 Å². The summed E-state index contributed by atoms with van der Waals surface area (Å²) in [6.45, 7) is 5.21. The molecule has 0 spiro atoms. The van der Waals surface area contributed by atoms with Crippen molar-refractivity contribution in [1.29, 1.82) is 0 Å². The van der Waals surface area contributed by atoms with Gasteiger partial charge in [-0.25, -0.2) is 0 Å². The second kappa shape index (κ2) is 4.77. The summed E-state index contributed by atoms with van der Waals surface area (Å²) < 4.78 is 0. The van der Waals surface area contributed by atoms with E-state index in [9.17, 15) is 0 Å². The van der Waals surface area contributed by atoms with Crippen molar-refractivity contribution >= 4 is 17.2 Å². The third-order valence-electron chi connectivity index (χ3n) is 2.57. The Balaban J connectivity index is 2.19. The molecule has 1 saturated carbocycles. The summed E-state index contributed by atoms with van der Waals surface area (Å²) in [6.07, 6.45) is 4.21. The van der Waals surface area contributed by atoms with Gasteiger partial charge in [-0.15, -0.1) is 0 Å². The van der Waals surface area contributed by atoms with E-state index in [-0.39, 0.29) is 0 Å². The zero-order valence-corrected chi connectivity index (χ0v) is 8.57. The lowest BCUT2D eigenvalue weighted by Crippen LogP contribution is -2.37. The van der Waals surface area contributed by atoms with Gasteiger partial charge < -0.3 is 5.73 Å². The molecule has 2 nitrogen and oxygen atoms in total. The second-order valence-corrected chi connectivity index (χ2v) is 4.12. The van der Waals surface area contributed by atoms with Crippen molar-refractivity contribution in [2.45, 2.75) is 26.2 Å². The van der Waals surface area contributed by atoms with Crippen LogP contribution in [0.4, 0.5) is 0 Å². The highest BCUT2D eigenvalue weighted by Crippen LogP contribution is 2.26. The van der Waals surface area contributed by atoms with Crippen LogP contribution in [-0.4, -0.2) is 29.5 Å². The molecule has 3 heteroatoms. The van der Waals surface area contributed by atoms with Crippen molar-refractivity contribution in [3.63, 3.8) is 0 Å². The van der Waals surface area contributed by atoms with E-state index < -0.39 is 0 Å². The molecular weight excluding hydrogens is 168 g/mol. The molecule has 1 aliphatic carbocycles. The quantitative estimate of drug-likeness (QED) is 0.658. The van der Waals surface area contributed by atoms with Gasteiger partial charge in [-0.2, -0.15) is 0 Å². The second-order valence-electron chi connectivity index (χ2n) is 3.59. The average molecular weight is 186 g/mol. The topological polar surface area (TPSA) is 29.3 Å². The Morgan fingerprint density at radius 3 is 2.58 bits per heavy atom. The molecule has 0 heterocycles. The molecule has 0 unspecified atom stereocenters. The van der Waals surface area contributed by atoms with Gasteiger partial charge in [-0.1, -0.05) is 25.6 Å². The van der Waals surface area contributed by atoms with Crippen LogP contribution in [-0.2, 0) is 0 Å². The molecule has 70 valence electrons. The molecule has 12 heavy (non-hydrogen) atoms. The molecule has 0 aliphatic heterocycles. The number of nitrogens with two attached hydrogens (primary N) is 1. The van der Waals surface area contributed by atoms with Crippen LogP contribution in [0, 0.1) is 5.92 Å². The number of likely N-dealkylation sites (N-methyl/N-ethyl adjacent to an activating group) is 1. The number of nitrogens with zero attached hydrogens (tertiary/aromatic N) is 1. The zero-order chi connectivity index (χ0) is 8.97. The Morgan fingerprint density at radius 2 is 2.25 bits per heavy atom. The number of rotatable bonds is 5. The monoisotopic (exact) mass is 186 g/mol. The maximum Gasteiger partial charge on any atom is 0.0870 e. The summed E-state index contributed by atoms with van der Waals surface area (Å²) in [4.78, 5) is 2.96. The molecule has 2 N–H and O–H groups in total. The Hall–Kier alpha value is -0.150. The van der Waals surface area contributed by atoms with Crippen LogP contribution in [0.1, 0.15) is 26.2 Å². The molecule has 0 radical (unpaired) electrons. The minimum Gasteiger partial charge on any atom is -0.392 e. The van der Waals surface area contributed by atoms with Crippen molar-refractivity contribution in [2.75, 3.05) is 19.6 Å². The largest absolute Gasteiger partial charge is 0.392 e. The first-order valence-electron chi connectivity index (χ1n) is 4.73. The van der Waals surface area contributed by atoms with E-state index in [0.717, 1.165) is 19.0 Å². The predicted octanol–water partition coefficient (Wildman–Crippen LogP) is 1.39. The van der Waals surface area contributed by atoms with Crippen molar-refractivity contribution in [3.05, 3.63) is 0 Å². The highest BCUT2D eigenvalue weighted by atomic mass is 32.1. The molecule has 0 saturated heterocycles. The van der Waals surface area contributed by atoms with Gasteiger partial charge >= 0.3 is 0 Å². The van der Waals surface area contributed by atoms with Gasteiger partial charge in [0.1, 0.15) is 0 Å². The lowest BCUT2D eigenvalue weighted by molar-refractivity contribution is 0.201. The van der Waals surface area contributed by atoms with Gasteiger partial charge in [0.25, 0.3) is 0 Å². The van der Waals surface area contributed by atoms with E-state index in [2.05, 4.69) is 11.8 Å². The maximum atomic E-state index is 5.49. The van der Waals surface area contributed by atoms with Crippen LogP contribution >= 0.6 is 12.2 Å². The van der Waals surface area contributed by atoms with Crippen LogP contribution in [0.15, 0.2) is 0 Å². The summed E-state index contributed by atoms with van der Waals surface area (Å²) in [7, 11) is 0. The molecule has 0 amide bonds. The standard InChI is InChI=1S/C9H18N2S/c1-2-11(7-9(10)12)6-8-4-3-5-8/h8H,2-7H2,1H3,(H2,10,12). The number of hydrogen-bond acceptors (Lipinski definition) is 2. The molecule has 1 fully saturated rings. The molecular formula is C9H18N2S. The van der Waals surface area contributed by atoms with E-state index >= 15 is 0 Å². The van der Waals surface area contributed by atoms with Gasteiger partial charge in [-0.3, -0.25) is 4.90 Å². The fourth-order valence-electron chi connectivity index (χ4n) is 1.57. The third-order valence-corrected chi connectivity index (χ3v) is 2.70. The molecule has 0 atom stereocenters. The van der Waals surface area contributed by atoms with Gasteiger partial charge in [0.05, 0.1) is 4.99 Å². The molecule has 1 rings (SSSR count). The van der Waals surface area contributed by atoms with Gasteiger partial charge in [-0.05, 0) is 25.3 Å². The van der Waals surface area contributed by atoms with Crippen molar-refractivity contribution in [1.82, 2.24) is 4.90 Å². The zero-order valence-electron chi connectivity index (χ0n) is 7.75. The Bertz CT molecular complexity index is 155. The highest BCUT2D eigenvalue weighted by molar-refractivity contribution is 7.80. The lowest BCUT2D eigenvalue weighted by Gasteiger charge is -2.31. The van der Waals surface area contributed by atoms with Crippen LogP contribution in [0.25, 0.3) is 0 Å². The minimum absolute atomic E-state index is 0.621. The summed E-state index contributed by atoms with van der Waals surface area (Å²) in [5.74, 6) is 0.916. The molecule has 0 aromatic heterocycles. The lowest BCUT2D eigenvalue weighted by atomic mass is 9.85. The molecule has 0 aromatic rings. The molecule has 1 aliphatic rings. The summed E-state index contributed by atoms with van der Waals surface area (Å²) in [6, 6.07) is 0. The van der Waals surface area contributed by atoms with Crippen LogP contribution in [0.3, 0.4) is 0 Å². The van der Waals surface area contributed by atoms with Crippen LogP contribution in [0.2, 0.25) is 0 Å². The SMILES string of the molecule is CCN(CC(N)=S)CC1CCC1. The Morgan fingerprint density at radius 1 is 1.58 bits per heavy atom. The first-order chi connectivity index (χ1) is 5.72. The molecule has 0 aromatic carbocycles. The van der Waals surface area contributed by atoms with Crippen molar-refractivity contribution < 1.29 is 0 Å². The first-order valence-corrected chi connectivity index (χ1v) is 5.14. The summed E-state index contributed by atoms with van der Waals surface area (Å²) in [5.41, 5.74) is 5.49. The summed E-state index contributed by atoms with van der Waals surface area (Å²) >= 11 is 4.88. The fraction of sp³-hybridized carbons (Fsp3) is 0.889. The third kappa shape index (κ3) is 3.07. The highest BCUT2D eigenvalue weighted by Gasteiger charge is 2.19. The fourth-order valence-corrected chi connectivity index (χ4v) is 1.75. The Labute approximate surface area is 80.1 Å². The van der Waals surface area contributed by atoms with Crippen molar-refractivity contribution in [2.24, 2.45) is 11.7 Å². The van der Waals surface area contributed by atoms with E-state index in [1.165, 1.54) is 25.8 Å². The minimum atomic E-state index is 0.621. The maximum absolute atomic E-state index is 5.49. The predicted molar refractivity (Wildman–Crippen MR) is 56.2 cm³/mol. The smallest absolute Gasteiger partial charge is 0.0870 e. The van der Waals surface area contributed by atoms with Crippen LogP contribution in [0.5, 0.6) is 0 Å². The summed E-state index contributed by atoms with van der Waals surface area (Å²) in [5, 5.41) is 0. The van der Waals surface area contributed by atoms with Gasteiger partial charge in [0.15, 0.2) is 0 Å². The van der Waals surface area contributed by atoms with Gasteiger partial charge in [0.2, 0.25) is 0 Å². The Kier molecular flexibility index (Phi) is 3.95. The van der Waals surface area contributed by atoms with E-state index in [1.807, 2.05) is 0 Å². The molecule has 0 bridgehead atoms. The van der Waals surface area contributed by atoms with E-state index in [0.29, 0.717) is 4.99 Å². The first kappa shape index (κ1) is 9.93. The van der Waals surface area contributed by atoms with E-state index in [1.54, 1.807) is 0 Å². The van der Waals surface area contributed by atoms with Crippen molar-refractivity contribution in [3.8, 4) is 0 Å². The average Bonchev–Trinajstić information content (AvgIpc) is 1.93. The normalized spacial score (nSPS) is 17.8. The van der Waals surface area contributed by atoms with E-state index in [4.69, 9.17) is 18.0 Å². The number of thiocarbonyl (C=S) groups is 1. The van der Waals surface area contributed by atoms with Crippen LogP contribution < -0.4 is 5.73 Å². The number of hydrogen-bond donors (Lipinski definition) is 1.